The molecule has 0 saturated heterocycles. The molecule has 0 radical (unpaired) electrons. The number of hydrogen-bond acceptors (Lipinski definition) is 5. The van der Waals surface area contributed by atoms with E-state index in [2.05, 4.69) is 25.5 Å². The predicted molar refractivity (Wildman–Crippen MR) is 64.7 cm³/mol. The van der Waals surface area contributed by atoms with Crippen molar-refractivity contribution < 1.29 is 4.79 Å². The molecule has 2 heterocycles. The van der Waals surface area contributed by atoms with E-state index in [0.717, 1.165) is 5.56 Å². The van der Waals surface area contributed by atoms with E-state index >= 15 is 0 Å². The Labute approximate surface area is 102 Å². The van der Waals surface area contributed by atoms with Gasteiger partial charge in [0.2, 0.25) is 5.91 Å². The van der Waals surface area contributed by atoms with Gasteiger partial charge in [-0.3, -0.25) is 9.89 Å². The maximum atomic E-state index is 11.6. The minimum Gasteiger partial charge on any atom is -0.310 e. The Kier molecular flexibility index (Phi) is 3.71. The number of hydrogen-bond donors (Lipinski definition) is 2. The average Bonchev–Trinajstić information content (AvgIpc) is 2.82. The number of nitrogens with zero attached hydrogens (tertiary/aromatic N) is 3. The number of aromatic nitrogens is 4. The van der Waals surface area contributed by atoms with Crippen molar-refractivity contribution in [3.8, 4) is 0 Å². The molecule has 0 aliphatic heterocycles. The summed E-state index contributed by atoms with van der Waals surface area (Å²) < 4.78 is 0. The van der Waals surface area contributed by atoms with E-state index in [9.17, 15) is 4.79 Å². The molecule has 0 aromatic carbocycles. The van der Waals surface area contributed by atoms with Crippen LogP contribution < -0.4 is 5.32 Å². The molecule has 0 saturated carbocycles. The van der Waals surface area contributed by atoms with E-state index in [1.165, 1.54) is 18.1 Å². The minimum atomic E-state index is -0.117. The first-order valence-electron chi connectivity index (χ1n) is 4.95. The Morgan fingerprint density at radius 3 is 3.12 bits per heavy atom. The third kappa shape index (κ3) is 3.28. The van der Waals surface area contributed by atoms with E-state index in [1.807, 2.05) is 19.1 Å². The highest BCUT2D eigenvalue weighted by Crippen LogP contribution is 2.13. The average molecular weight is 249 g/mol. The second-order valence-electron chi connectivity index (χ2n) is 3.30. The molecule has 2 aromatic rings. The number of carbonyl (C=O) groups excluding carboxylic acids is 1. The zero-order chi connectivity index (χ0) is 12.1. The molecule has 0 unspecified atom stereocenters. The number of thioether (sulfide) groups is 1. The first kappa shape index (κ1) is 11.6. The molecule has 0 aliphatic rings. The maximum absolute atomic E-state index is 11.6. The summed E-state index contributed by atoms with van der Waals surface area (Å²) in [7, 11) is 0. The number of nitrogens with one attached hydrogen (secondary N) is 2. The summed E-state index contributed by atoms with van der Waals surface area (Å²) in [6.45, 7) is 1.90. The number of anilines is 1. The molecule has 2 rings (SSSR count). The zero-order valence-corrected chi connectivity index (χ0v) is 9.99. The van der Waals surface area contributed by atoms with Crippen molar-refractivity contribution in [2.45, 2.75) is 12.1 Å². The fourth-order valence-corrected chi connectivity index (χ4v) is 1.76. The van der Waals surface area contributed by atoms with Crippen LogP contribution in [0.25, 0.3) is 0 Å². The van der Waals surface area contributed by atoms with Crippen molar-refractivity contribution in [3.05, 3.63) is 30.2 Å². The molecular weight excluding hydrogens is 238 g/mol. The van der Waals surface area contributed by atoms with Gasteiger partial charge >= 0.3 is 0 Å². The van der Waals surface area contributed by atoms with Crippen molar-refractivity contribution in [2.24, 2.45) is 0 Å². The van der Waals surface area contributed by atoms with Crippen molar-refractivity contribution in [3.63, 3.8) is 0 Å². The van der Waals surface area contributed by atoms with E-state index in [1.54, 1.807) is 6.20 Å². The number of amides is 1. The smallest absolute Gasteiger partial charge is 0.236 e. The summed E-state index contributed by atoms with van der Waals surface area (Å²) in [5.74, 6) is 0.745. The van der Waals surface area contributed by atoms with E-state index < -0.39 is 0 Å². The fourth-order valence-electron chi connectivity index (χ4n) is 1.18. The van der Waals surface area contributed by atoms with Crippen LogP contribution in [-0.4, -0.2) is 31.8 Å². The lowest BCUT2D eigenvalue weighted by atomic mass is 10.3. The predicted octanol–water partition coefficient (Wildman–Crippen LogP) is 1.24. The SMILES string of the molecule is Cc1cccnc1NC(=O)CSc1ncn[nH]1. The van der Waals surface area contributed by atoms with Gasteiger partial charge in [-0.2, -0.15) is 5.10 Å². The van der Waals surface area contributed by atoms with Gasteiger partial charge in [-0.1, -0.05) is 17.8 Å². The Morgan fingerprint density at radius 1 is 1.53 bits per heavy atom. The van der Waals surface area contributed by atoms with Gasteiger partial charge in [-0.15, -0.1) is 0 Å². The summed E-state index contributed by atoms with van der Waals surface area (Å²) >= 11 is 1.29. The van der Waals surface area contributed by atoms with Gasteiger partial charge in [0, 0.05) is 6.20 Å². The monoisotopic (exact) mass is 249 g/mol. The first-order chi connectivity index (χ1) is 8.25. The van der Waals surface area contributed by atoms with Crippen molar-refractivity contribution in [2.75, 3.05) is 11.1 Å². The molecule has 0 atom stereocenters. The normalized spacial score (nSPS) is 10.2. The van der Waals surface area contributed by atoms with Crippen LogP contribution in [0.5, 0.6) is 0 Å². The largest absolute Gasteiger partial charge is 0.310 e. The van der Waals surface area contributed by atoms with Crippen LogP contribution in [0.3, 0.4) is 0 Å². The lowest BCUT2D eigenvalue weighted by molar-refractivity contribution is -0.113. The van der Waals surface area contributed by atoms with Crippen LogP contribution in [0.15, 0.2) is 29.8 Å². The molecule has 0 aliphatic carbocycles. The highest BCUT2D eigenvalue weighted by Gasteiger charge is 2.07. The van der Waals surface area contributed by atoms with Crippen molar-refractivity contribution in [1.82, 2.24) is 20.2 Å². The summed E-state index contributed by atoms with van der Waals surface area (Å²) in [6.07, 6.45) is 3.05. The Hall–Kier alpha value is -1.89. The van der Waals surface area contributed by atoms with Crippen LogP contribution in [0, 0.1) is 6.92 Å². The van der Waals surface area contributed by atoms with Gasteiger partial charge < -0.3 is 5.32 Å². The number of pyridine rings is 1. The second kappa shape index (κ2) is 5.44. The van der Waals surface area contributed by atoms with Gasteiger partial charge in [-0.25, -0.2) is 9.97 Å². The lowest BCUT2D eigenvalue weighted by Gasteiger charge is -2.05. The number of rotatable bonds is 4. The van der Waals surface area contributed by atoms with Crippen LogP contribution in [0.4, 0.5) is 5.82 Å². The van der Waals surface area contributed by atoms with E-state index in [-0.39, 0.29) is 11.7 Å². The first-order valence-corrected chi connectivity index (χ1v) is 5.94. The molecule has 17 heavy (non-hydrogen) atoms. The zero-order valence-electron chi connectivity index (χ0n) is 9.17. The molecule has 88 valence electrons. The number of H-pyrrole nitrogens is 1. The van der Waals surface area contributed by atoms with Crippen LogP contribution in [-0.2, 0) is 4.79 Å². The van der Waals surface area contributed by atoms with Gasteiger partial charge in [0.15, 0.2) is 5.16 Å². The quantitative estimate of drug-likeness (QED) is 0.796. The van der Waals surface area contributed by atoms with Crippen molar-refractivity contribution in [1.29, 1.82) is 0 Å². The number of aryl methyl sites for hydroxylation is 1. The topological polar surface area (TPSA) is 83.6 Å². The highest BCUT2D eigenvalue weighted by molar-refractivity contribution is 7.99. The third-order valence-corrected chi connectivity index (χ3v) is 2.88. The van der Waals surface area contributed by atoms with Gasteiger partial charge in [-0.05, 0) is 18.6 Å². The number of carbonyl (C=O) groups is 1. The summed E-state index contributed by atoms with van der Waals surface area (Å²) in [5.41, 5.74) is 0.936. The molecule has 2 aromatic heterocycles. The fraction of sp³-hybridized carbons (Fsp3) is 0.200. The molecule has 0 spiro atoms. The summed E-state index contributed by atoms with van der Waals surface area (Å²) in [5, 5.41) is 9.73. The van der Waals surface area contributed by atoms with Crippen molar-refractivity contribution >= 4 is 23.5 Å². The molecule has 2 N–H and O–H groups in total. The molecule has 7 heteroatoms. The third-order valence-electron chi connectivity index (χ3n) is 2.00. The van der Waals surface area contributed by atoms with Gasteiger partial charge in [0.05, 0.1) is 5.75 Å². The minimum absolute atomic E-state index is 0.117. The van der Waals surface area contributed by atoms with Crippen LogP contribution in [0.1, 0.15) is 5.56 Å². The number of aromatic amines is 1. The lowest BCUT2D eigenvalue weighted by Crippen LogP contribution is -2.15. The van der Waals surface area contributed by atoms with E-state index in [0.29, 0.717) is 11.0 Å². The van der Waals surface area contributed by atoms with Gasteiger partial charge in [0.1, 0.15) is 12.1 Å². The van der Waals surface area contributed by atoms with Gasteiger partial charge in [0.25, 0.3) is 0 Å². The van der Waals surface area contributed by atoms with Crippen LogP contribution in [0.2, 0.25) is 0 Å². The summed E-state index contributed by atoms with van der Waals surface area (Å²) in [6, 6.07) is 3.72. The van der Waals surface area contributed by atoms with Crippen LogP contribution >= 0.6 is 11.8 Å². The van der Waals surface area contributed by atoms with E-state index in [4.69, 9.17) is 0 Å². The summed E-state index contributed by atoms with van der Waals surface area (Å²) in [4.78, 5) is 19.6. The highest BCUT2D eigenvalue weighted by atomic mass is 32.2. The maximum Gasteiger partial charge on any atom is 0.236 e. The molecule has 6 nitrogen and oxygen atoms in total. The Bertz CT molecular complexity index is 499. The Morgan fingerprint density at radius 2 is 2.41 bits per heavy atom. The molecule has 0 bridgehead atoms. The molecule has 1 amide bonds. The molecular formula is C10H11N5OS. The molecule has 0 fully saturated rings. The Balaban J connectivity index is 1.87. The second-order valence-corrected chi connectivity index (χ2v) is 4.26. The standard InChI is InChI=1S/C10H11N5OS/c1-7-3-2-4-11-9(7)14-8(16)5-17-10-12-6-13-15-10/h2-4,6H,5H2,1H3,(H,11,14,16)(H,12,13,15).